The van der Waals surface area contributed by atoms with Gasteiger partial charge in [-0.15, -0.1) is 0 Å². The molecule has 0 aromatic heterocycles. The molecule has 0 heterocycles. The lowest BCUT2D eigenvalue weighted by Gasteiger charge is -2.21. The molecule has 19 heteroatoms. The first-order valence-corrected chi connectivity index (χ1v) is 42.2. The molecule has 0 saturated heterocycles. The maximum absolute atomic E-state index is 13.1. The first kappa shape index (κ1) is 92.1. The molecule has 94 heavy (non-hydrogen) atoms. The summed E-state index contributed by atoms with van der Waals surface area (Å²) in [5, 5.41) is 10.6. The fourth-order valence-electron chi connectivity index (χ4n) is 11.5. The molecule has 3 N–H and O–H groups in total. The number of aliphatic hydroxyl groups excluding tert-OH is 1. The maximum atomic E-state index is 13.1. The van der Waals surface area contributed by atoms with Crippen LogP contribution in [0.25, 0.3) is 0 Å². The van der Waals surface area contributed by atoms with Crippen LogP contribution in [0.5, 0.6) is 0 Å². The summed E-state index contributed by atoms with van der Waals surface area (Å²) in [5.74, 6) is -1.40. The van der Waals surface area contributed by atoms with Crippen molar-refractivity contribution in [2.45, 2.75) is 412 Å². The first-order valence-electron chi connectivity index (χ1n) is 39.2. The number of phosphoric ester groups is 2. The molecule has 0 bridgehead atoms. The highest BCUT2D eigenvalue weighted by Gasteiger charge is 2.30. The fraction of sp³-hybridized carbons (Fsp3) is 0.947. The van der Waals surface area contributed by atoms with Crippen LogP contribution in [0, 0.1) is 5.92 Å². The average Bonchev–Trinajstić information content (AvgIpc) is 2.11. The number of hydrogen-bond acceptors (Lipinski definition) is 15. The van der Waals surface area contributed by atoms with E-state index in [9.17, 15) is 43.2 Å². The highest BCUT2D eigenvalue weighted by atomic mass is 31.2. The van der Waals surface area contributed by atoms with Gasteiger partial charge in [0.25, 0.3) is 0 Å². The summed E-state index contributed by atoms with van der Waals surface area (Å²) in [4.78, 5) is 72.6. The monoisotopic (exact) mass is 1380 g/mol. The van der Waals surface area contributed by atoms with Crippen molar-refractivity contribution in [2.24, 2.45) is 5.92 Å². The predicted octanol–water partition coefficient (Wildman–Crippen LogP) is 22.1. The van der Waals surface area contributed by atoms with Crippen LogP contribution in [-0.4, -0.2) is 96.7 Å². The van der Waals surface area contributed by atoms with Crippen LogP contribution in [0.15, 0.2) is 0 Å². The van der Waals surface area contributed by atoms with Crippen molar-refractivity contribution < 1.29 is 80.2 Å². The average molecular weight is 1380 g/mol. The minimum atomic E-state index is -4.96. The van der Waals surface area contributed by atoms with E-state index in [0.29, 0.717) is 25.7 Å². The molecule has 0 aromatic rings. The second-order valence-electron chi connectivity index (χ2n) is 27.3. The highest BCUT2D eigenvalue weighted by molar-refractivity contribution is 7.47. The highest BCUT2D eigenvalue weighted by Crippen LogP contribution is 2.45. The van der Waals surface area contributed by atoms with Crippen molar-refractivity contribution in [1.29, 1.82) is 0 Å². The van der Waals surface area contributed by atoms with Crippen molar-refractivity contribution in [3.63, 3.8) is 0 Å². The van der Waals surface area contributed by atoms with Crippen LogP contribution >= 0.6 is 15.6 Å². The predicted molar refractivity (Wildman–Crippen MR) is 382 cm³/mol. The van der Waals surface area contributed by atoms with E-state index in [4.69, 9.17) is 37.0 Å². The summed E-state index contributed by atoms with van der Waals surface area (Å²) in [5.41, 5.74) is 0. The number of aliphatic hydroxyl groups is 1. The summed E-state index contributed by atoms with van der Waals surface area (Å²) in [6, 6.07) is 0. The van der Waals surface area contributed by atoms with E-state index in [1.54, 1.807) is 0 Å². The summed E-state index contributed by atoms with van der Waals surface area (Å²) >= 11 is 0. The minimum absolute atomic E-state index is 0.103. The lowest BCUT2D eigenvalue weighted by molar-refractivity contribution is -0.161. The number of carbonyl (C=O) groups excluding carboxylic acids is 4. The molecule has 0 fully saturated rings. The van der Waals surface area contributed by atoms with Crippen LogP contribution in [0.3, 0.4) is 0 Å². The summed E-state index contributed by atoms with van der Waals surface area (Å²) < 4.78 is 68.4. The van der Waals surface area contributed by atoms with E-state index < -0.39 is 97.5 Å². The number of rotatable bonds is 75. The van der Waals surface area contributed by atoms with Gasteiger partial charge in [-0.1, -0.05) is 343 Å². The molecule has 17 nitrogen and oxygen atoms in total. The Morgan fingerprint density at radius 1 is 0.298 bits per heavy atom. The number of carbonyl (C=O) groups is 4. The van der Waals surface area contributed by atoms with E-state index in [1.807, 2.05) is 0 Å². The Labute approximate surface area is 575 Å². The van der Waals surface area contributed by atoms with Crippen molar-refractivity contribution in [2.75, 3.05) is 39.6 Å². The van der Waals surface area contributed by atoms with Gasteiger partial charge >= 0.3 is 39.5 Å². The zero-order valence-corrected chi connectivity index (χ0v) is 62.9. The molecule has 0 rings (SSSR count). The van der Waals surface area contributed by atoms with Crippen molar-refractivity contribution in [1.82, 2.24) is 0 Å². The van der Waals surface area contributed by atoms with Gasteiger partial charge in [0, 0.05) is 25.7 Å². The van der Waals surface area contributed by atoms with Gasteiger partial charge < -0.3 is 33.8 Å². The Morgan fingerprint density at radius 2 is 0.511 bits per heavy atom. The third kappa shape index (κ3) is 67.3. The SMILES string of the molecule is CCCCCCCCCCCCCCCCCCCCC(=O)OC[C@H](COP(=O)(O)OC[C@@H](O)COP(=O)(O)OC[C@@H](COC(=O)CCCCCCCCCC)OC(=O)CCCCCCCCC(C)CC)OC(=O)CCCCCCCCCCCCCCCCCCCC. The molecule has 3 unspecified atom stereocenters. The van der Waals surface area contributed by atoms with Gasteiger partial charge in [0.1, 0.15) is 19.3 Å². The Balaban J connectivity index is 5.19. The van der Waals surface area contributed by atoms with Gasteiger partial charge in [0.2, 0.25) is 0 Å². The molecule has 0 radical (unpaired) electrons. The molecular weight excluding hydrogens is 1230 g/mol. The number of unbranched alkanes of at least 4 members (excludes halogenated alkanes) is 46. The van der Waals surface area contributed by atoms with E-state index >= 15 is 0 Å². The van der Waals surface area contributed by atoms with E-state index in [0.717, 1.165) is 102 Å². The van der Waals surface area contributed by atoms with Gasteiger partial charge in [-0.2, -0.15) is 0 Å². The van der Waals surface area contributed by atoms with Gasteiger partial charge in [-0.25, -0.2) is 9.13 Å². The van der Waals surface area contributed by atoms with E-state index in [2.05, 4.69) is 34.6 Å². The van der Waals surface area contributed by atoms with Gasteiger partial charge in [0.15, 0.2) is 12.2 Å². The third-order valence-electron chi connectivity index (χ3n) is 17.9. The third-order valence-corrected chi connectivity index (χ3v) is 19.8. The van der Waals surface area contributed by atoms with Crippen LogP contribution in [-0.2, 0) is 65.4 Å². The number of hydrogen-bond donors (Lipinski definition) is 3. The van der Waals surface area contributed by atoms with Crippen LogP contribution in [0.1, 0.15) is 394 Å². The molecule has 6 atom stereocenters. The van der Waals surface area contributed by atoms with Crippen molar-refractivity contribution >= 4 is 39.5 Å². The number of phosphoric acid groups is 2. The van der Waals surface area contributed by atoms with Gasteiger partial charge in [0.05, 0.1) is 26.4 Å². The van der Waals surface area contributed by atoms with Gasteiger partial charge in [-0.3, -0.25) is 37.3 Å². The molecule has 0 saturated carbocycles. The Morgan fingerprint density at radius 3 is 0.755 bits per heavy atom. The number of ether oxygens (including phenoxy) is 4. The van der Waals surface area contributed by atoms with Crippen LogP contribution in [0.2, 0.25) is 0 Å². The minimum Gasteiger partial charge on any atom is -0.462 e. The summed E-state index contributed by atoms with van der Waals surface area (Å²) in [6.45, 7) is 7.21. The lowest BCUT2D eigenvalue weighted by Crippen LogP contribution is -2.30. The second-order valence-corrected chi connectivity index (χ2v) is 30.2. The lowest BCUT2D eigenvalue weighted by atomic mass is 10.00. The summed E-state index contributed by atoms with van der Waals surface area (Å²) in [6.07, 6.45) is 57.1. The number of esters is 4. The molecule has 558 valence electrons. The summed E-state index contributed by atoms with van der Waals surface area (Å²) in [7, 11) is -9.90. The van der Waals surface area contributed by atoms with Crippen molar-refractivity contribution in [3.05, 3.63) is 0 Å². The van der Waals surface area contributed by atoms with E-state index in [1.165, 1.54) is 212 Å². The van der Waals surface area contributed by atoms with Gasteiger partial charge in [-0.05, 0) is 31.6 Å². The molecule has 0 amide bonds. The van der Waals surface area contributed by atoms with Crippen molar-refractivity contribution in [3.8, 4) is 0 Å². The first-order chi connectivity index (χ1) is 45.6. The van der Waals surface area contributed by atoms with Crippen LogP contribution < -0.4 is 0 Å². The van der Waals surface area contributed by atoms with E-state index in [-0.39, 0.29) is 25.7 Å². The zero-order chi connectivity index (χ0) is 69.1. The molecule has 0 aliphatic rings. The quantitative estimate of drug-likeness (QED) is 0.0222. The normalized spacial score (nSPS) is 14.3. The smallest absolute Gasteiger partial charge is 0.462 e. The molecular formula is C75H146O17P2. The largest absolute Gasteiger partial charge is 0.472 e. The molecule has 0 aromatic carbocycles. The standard InChI is InChI=1S/C75H146O17P2/c1-6-10-13-16-19-22-24-26-28-30-32-34-36-38-40-43-49-54-59-73(78)86-64-70(91-74(79)60-55-50-44-41-39-37-35-33-31-29-27-25-23-20-17-14-11-7-2)66-89-93(81,82)87-62-69(76)63-88-94(83,84)90-67-71(65-85-72(77)58-53-48-42-21-18-15-12-8-3)92-75(80)61-56-51-46-45-47-52-57-68(5)9-4/h68-71,76H,6-67H2,1-5H3,(H,81,82)(H,83,84)/t68?,69-,70-,71-/m1/s1. The van der Waals surface area contributed by atoms with Crippen LogP contribution in [0.4, 0.5) is 0 Å². The second kappa shape index (κ2) is 68.2. The molecule has 0 aliphatic carbocycles. The topological polar surface area (TPSA) is 237 Å². The zero-order valence-electron chi connectivity index (χ0n) is 61.1. The molecule has 0 aliphatic heterocycles. The molecule has 0 spiro atoms. The maximum Gasteiger partial charge on any atom is 0.472 e. The Bertz CT molecular complexity index is 1810. The Kier molecular flexibility index (Phi) is 66.8. The fourth-order valence-corrected chi connectivity index (χ4v) is 13.1. The Hall–Kier alpha value is -1.94.